The predicted molar refractivity (Wildman–Crippen MR) is 71.9 cm³/mol. The van der Waals surface area contributed by atoms with Gasteiger partial charge in [0.1, 0.15) is 11.6 Å². The van der Waals surface area contributed by atoms with Crippen LogP contribution in [0.3, 0.4) is 0 Å². The zero-order valence-corrected chi connectivity index (χ0v) is 11.1. The molecule has 0 saturated heterocycles. The molecule has 0 unspecified atom stereocenters. The van der Waals surface area contributed by atoms with Crippen molar-refractivity contribution in [2.45, 2.75) is 11.7 Å². The normalized spacial score (nSPS) is 10.3. The van der Waals surface area contributed by atoms with Gasteiger partial charge in [-0.15, -0.1) is 5.10 Å². The number of nitrogens with one attached hydrogen (secondary N) is 2. The van der Waals surface area contributed by atoms with Crippen LogP contribution in [0.5, 0.6) is 0 Å². The SMILES string of the molecule is CNc1cc(NCCn2ccnn2)nc(SC)n1. The third-order valence-corrected chi connectivity index (χ3v) is 2.81. The Morgan fingerprint density at radius 3 is 2.83 bits per heavy atom. The summed E-state index contributed by atoms with van der Waals surface area (Å²) in [4.78, 5) is 8.68. The molecule has 2 N–H and O–H groups in total. The molecule has 96 valence electrons. The van der Waals surface area contributed by atoms with Gasteiger partial charge in [0.15, 0.2) is 5.16 Å². The standard InChI is InChI=1S/C10H15N7S/c1-11-8-7-9(15-10(14-8)18-2)12-3-5-17-6-4-13-16-17/h4,6-7H,3,5H2,1-2H3,(H2,11,12,14,15). The van der Waals surface area contributed by atoms with Crippen molar-refractivity contribution in [3.63, 3.8) is 0 Å². The van der Waals surface area contributed by atoms with Gasteiger partial charge in [0, 0.05) is 25.9 Å². The highest BCUT2D eigenvalue weighted by molar-refractivity contribution is 7.98. The average Bonchev–Trinajstić information content (AvgIpc) is 2.91. The monoisotopic (exact) mass is 265 g/mol. The van der Waals surface area contributed by atoms with Crippen LogP contribution in [0.1, 0.15) is 0 Å². The summed E-state index contributed by atoms with van der Waals surface area (Å²) >= 11 is 1.51. The van der Waals surface area contributed by atoms with E-state index in [1.54, 1.807) is 10.9 Å². The summed E-state index contributed by atoms with van der Waals surface area (Å²) in [6, 6.07) is 1.88. The summed E-state index contributed by atoms with van der Waals surface area (Å²) in [7, 11) is 1.84. The van der Waals surface area contributed by atoms with Gasteiger partial charge in [-0.05, 0) is 6.26 Å². The first-order valence-corrected chi connectivity index (χ1v) is 6.73. The van der Waals surface area contributed by atoms with Gasteiger partial charge in [-0.25, -0.2) is 9.97 Å². The summed E-state index contributed by atoms with van der Waals surface area (Å²) in [5.41, 5.74) is 0. The third kappa shape index (κ3) is 3.33. The Labute approximate surface area is 109 Å². The number of anilines is 2. The predicted octanol–water partition coefficient (Wildman–Crippen LogP) is 0.944. The number of rotatable bonds is 6. The lowest BCUT2D eigenvalue weighted by molar-refractivity contribution is 0.608. The van der Waals surface area contributed by atoms with Crippen LogP contribution in [0, 0.1) is 0 Å². The van der Waals surface area contributed by atoms with E-state index in [1.165, 1.54) is 11.8 Å². The molecule has 0 spiro atoms. The van der Waals surface area contributed by atoms with Gasteiger partial charge >= 0.3 is 0 Å². The highest BCUT2D eigenvalue weighted by Crippen LogP contribution is 2.16. The molecular weight excluding hydrogens is 250 g/mol. The number of hydrogen-bond acceptors (Lipinski definition) is 7. The van der Waals surface area contributed by atoms with E-state index in [4.69, 9.17) is 0 Å². The molecule has 2 rings (SSSR count). The molecule has 0 aromatic carbocycles. The maximum Gasteiger partial charge on any atom is 0.191 e. The molecule has 0 aliphatic rings. The molecule has 8 heteroatoms. The molecule has 0 atom stereocenters. The molecule has 2 heterocycles. The number of aromatic nitrogens is 5. The fraction of sp³-hybridized carbons (Fsp3) is 0.400. The molecule has 2 aromatic heterocycles. The molecule has 18 heavy (non-hydrogen) atoms. The van der Waals surface area contributed by atoms with Crippen LogP contribution in [0.2, 0.25) is 0 Å². The Hall–Kier alpha value is -1.83. The second-order valence-corrected chi connectivity index (χ2v) is 4.24. The first-order valence-electron chi connectivity index (χ1n) is 5.50. The van der Waals surface area contributed by atoms with Gasteiger partial charge < -0.3 is 10.6 Å². The van der Waals surface area contributed by atoms with Gasteiger partial charge in [0.2, 0.25) is 0 Å². The Morgan fingerprint density at radius 2 is 2.17 bits per heavy atom. The molecule has 0 saturated carbocycles. The van der Waals surface area contributed by atoms with Crippen LogP contribution in [0.25, 0.3) is 0 Å². The lowest BCUT2D eigenvalue weighted by atomic mass is 10.5. The van der Waals surface area contributed by atoms with Crippen molar-refractivity contribution in [3.05, 3.63) is 18.5 Å². The molecule has 2 aromatic rings. The Kier molecular flexibility index (Phi) is 4.35. The molecule has 0 aliphatic carbocycles. The topological polar surface area (TPSA) is 80.5 Å². The zero-order valence-electron chi connectivity index (χ0n) is 10.3. The van der Waals surface area contributed by atoms with Crippen molar-refractivity contribution >= 4 is 23.4 Å². The summed E-state index contributed by atoms with van der Waals surface area (Å²) < 4.78 is 1.77. The van der Waals surface area contributed by atoms with Crippen molar-refractivity contribution in [2.24, 2.45) is 0 Å². The quantitative estimate of drug-likeness (QED) is 0.594. The van der Waals surface area contributed by atoms with Crippen molar-refractivity contribution in [1.82, 2.24) is 25.0 Å². The van der Waals surface area contributed by atoms with Crippen LogP contribution < -0.4 is 10.6 Å². The molecule has 0 radical (unpaired) electrons. The number of hydrogen-bond donors (Lipinski definition) is 2. The van der Waals surface area contributed by atoms with E-state index in [9.17, 15) is 0 Å². The average molecular weight is 265 g/mol. The zero-order chi connectivity index (χ0) is 12.8. The van der Waals surface area contributed by atoms with Gasteiger partial charge in [0.05, 0.1) is 12.7 Å². The first kappa shape index (κ1) is 12.6. The van der Waals surface area contributed by atoms with Gasteiger partial charge in [-0.3, -0.25) is 4.68 Å². The minimum atomic E-state index is 0.733. The minimum absolute atomic E-state index is 0.733. The smallest absolute Gasteiger partial charge is 0.191 e. The fourth-order valence-corrected chi connectivity index (χ4v) is 1.76. The molecular formula is C10H15N7S. The van der Waals surface area contributed by atoms with Crippen LogP contribution in [-0.2, 0) is 6.54 Å². The maximum absolute atomic E-state index is 4.37. The lowest BCUT2D eigenvalue weighted by Crippen LogP contribution is -2.12. The van der Waals surface area contributed by atoms with Crippen molar-refractivity contribution in [2.75, 3.05) is 30.5 Å². The molecule has 0 aliphatic heterocycles. The van der Waals surface area contributed by atoms with Crippen LogP contribution in [0.15, 0.2) is 23.6 Å². The summed E-state index contributed by atoms with van der Waals surface area (Å²) in [5.74, 6) is 1.61. The van der Waals surface area contributed by atoms with E-state index < -0.39 is 0 Å². The van der Waals surface area contributed by atoms with Gasteiger partial charge in [0.25, 0.3) is 0 Å². The molecule has 7 nitrogen and oxygen atoms in total. The number of thioether (sulfide) groups is 1. The lowest BCUT2D eigenvalue weighted by Gasteiger charge is -2.08. The van der Waals surface area contributed by atoms with Gasteiger partial charge in [-0.2, -0.15) is 0 Å². The van der Waals surface area contributed by atoms with Crippen molar-refractivity contribution in [3.8, 4) is 0 Å². The highest BCUT2D eigenvalue weighted by atomic mass is 32.2. The van der Waals surface area contributed by atoms with E-state index in [-0.39, 0.29) is 0 Å². The number of nitrogens with zero attached hydrogens (tertiary/aromatic N) is 5. The van der Waals surface area contributed by atoms with Crippen LogP contribution in [0.4, 0.5) is 11.6 Å². The molecule has 0 bridgehead atoms. The Balaban J connectivity index is 1.95. The second kappa shape index (κ2) is 6.20. The fourth-order valence-electron chi connectivity index (χ4n) is 1.39. The van der Waals surface area contributed by atoms with Crippen LogP contribution in [-0.4, -0.2) is 44.8 Å². The Morgan fingerprint density at radius 1 is 1.33 bits per heavy atom. The highest BCUT2D eigenvalue weighted by Gasteiger charge is 2.02. The van der Waals surface area contributed by atoms with E-state index in [2.05, 4.69) is 30.9 Å². The summed E-state index contributed by atoms with van der Waals surface area (Å²) in [5, 5.41) is 14.6. The molecule has 0 fully saturated rings. The first-order chi connectivity index (χ1) is 8.81. The van der Waals surface area contributed by atoms with Crippen molar-refractivity contribution in [1.29, 1.82) is 0 Å². The van der Waals surface area contributed by atoms with Crippen LogP contribution >= 0.6 is 11.8 Å². The largest absolute Gasteiger partial charge is 0.373 e. The maximum atomic E-state index is 4.37. The Bertz CT molecular complexity index is 463. The summed E-state index contributed by atoms with van der Waals surface area (Å²) in [6.45, 7) is 1.48. The van der Waals surface area contributed by atoms with E-state index >= 15 is 0 Å². The van der Waals surface area contributed by atoms with Gasteiger partial charge in [-0.1, -0.05) is 17.0 Å². The minimum Gasteiger partial charge on any atom is -0.373 e. The van der Waals surface area contributed by atoms with E-state index in [1.807, 2.05) is 25.6 Å². The second-order valence-electron chi connectivity index (χ2n) is 3.47. The van der Waals surface area contributed by atoms with E-state index in [0.29, 0.717) is 0 Å². The van der Waals surface area contributed by atoms with E-state index in [0.717, 1.165) is 29.9 Å². The van der Waals surface area contributed by atoms with Crippen molar-refractivity contribution < 1.29 is 0 Å². The molecule has 0 amide bonds. The third-order valence-electron chi connectivity index (χ3n) is 2.26. The summed E-state index contributed by atoms with van der Waals surface area (Å²) in [6.07, 6.45) is 5.44.